The molecule has 2 aromatic rings. The van der Waals surface area contributed by atoms with Crippen molar-refractivity contribution in [2.45, 2.75) is 19.0 Å². The van der Waals surface area contributed by atoms with Crippen LogP contribution in [0, 0.1) is 9.52 Å². The predicted molar refractivity (Wildman–Crippen MR) is 79.4 cm³/mol. The van der Waals surface area contributed by atoms with Gasteiger partial charge in [-0.1, -0.05) is 18.2 Å². The molecule has 1 atom stereocenters. The van der Waals surface area contributed by atoms with Crippen LogP contribution in [0.3, 0.4) is 0 Å². The SMILES string of the molecule is CC1(c2ccccc2F)Cn2cc(I)nc2C(N)=N1. The zero-order valence-corrected chi connectivity index (χ0v) is 12.4. The van der Waals surface area contributed by atoms with Crippen LogP contribution < -0.4 is 5.73 Å². The van der Waals surface area contributed by atoms with Crippen molar-refractivity contribution < 1.29 is 4.39 Å². The van der Waals surface area contributed by atoms with E-state index in [9.17, 15) is 4.39 Å². The van der Waals surface area contributed by atoms with E-state index in [1.165, 1.54) is 6.07 Å². The molecule has 0 radical (unpaired) electrons. The normalized spacial score (nSPS) is 21.9. The van der Waals surface area contributed by atoms with Crippen molar-refractivity contribution in [2.75, 3.05) is 0 Å². The molecule has 0 spiro atoms. The van der Waals surface area contributed by atoms with Gasteiger partial charge >= 0.3 is 0 Å². The number of nitrogens with two attached hydrogens (primary N) is 1. The summed E-state index contributed by atoms with van der Waals surface area (Å²) >= 11 is 2.13. The summed E-state index contributed by atoms with van der Waals surface area (Å²) in [5, 5.41) is 0. The monoisotopic (exact) mass is 370 g/mol. The van der Waals surface area contributed by atoms with Crippen LogP contribution in [0.5, 0.6) is 0 Å². The molecule has 98 valence electrons. The van der Waals surface area contributed by atoms with Gasteiger partial charge in [-0.25, -0.2) is 9.37 Å². The zero-order valence-electron chi connectivity index (χ0n) is 10.3. The maximum Gasteiger partial charge on any atom is 0.176 e. The standard InChI is InChI=1S/C13H12FIN4/c1-13(8-4-2-3-5-9(8)14)7-19-6-10(15)17-12(19)11(16)18-13/h2-6H,7H2,1H3,(H2,16,18). The third-order valence-corrected chi connectivity index (χ3v) is 3.80. The maximum absolute atomic E-state index is 14.0. The number of hydrogen-bond acceptors (Lipinski definition) is 3. The van der Waals surface area contributed by atoms with Crippen LogP contribution in [0.25, 0.3) is 0 Å². The van der Waals surface area contributed by atoms with Crippen LogP contribution in [0.4, 0.5) is 4.39 Å². The second-order valence-corrected chi connectivity index (χ2v) is 5.87. The Labute approximate surface area is 123 Å². The first kappa shape index (κ1) is 12.6. The fourth-order valence-electron chi connectivity index (χ4n) is 2.44. The van der Waals surface area contributed by atoms with Crippen molar-refractivity contribution in [2.24, 2.45) is 10.7 Å². The Morgan fingerprint density at radius 1 is 1.42 bits per heavy atom. The van der Waals surface area contributed by atoms with Crippen molar-refractivity contribution in [3.05, 3.63) is 51.4 Å². The van der Waals surface area contributed by atoms with E-state index >= 15 is 0 Å². The molecule has 0 fully saturated rings. The number of halogens is 2. The molecule has 0 bridgehead atoms. The van der Waals surface area contributed by atoms with E-state index in [-0.39, 0.29) is 5.82 Å². The molecule has 1 aromatic carbocycles. The maximum atomic E-state index is 14.0. The highest BCUT2D eigenvalue weighted by molar-refractivity contribution is 14.1. The van der Waals surface area contributed by atoms with E-state index < -0.39 is 5.54 Å². The van der Waals surface area contributed by atoms with Crippen molar-refractivity contribution in [1.29, 1.82) is 0 Å². The molecular formula is C13H12FIN4. The van der Waals surface area contributed by atoms with Gasteiger partial charge in [-0.15, -0.1) is 0 Å². The number of imidazole rings is 1. The molecule has 4 nitrogen and oxygen atoms in total. The Morgan fingerprint density at radius 2 is 2.16 bits per heavy atom. The average molecular weight is 370 g/mol. The molecule has 3 rings (SSSR count). The van der Waals surface area contributed by atoms with Gasteiger partial charge in [0, 0.05) is 11.8 Å². The Hall–Kier alpha value is -1.44. The predicted octanol–water partition coefficient (Wildman–Crippen LogP) is 2.26. The summed E-state index contributed by atoms with van der Waals surface area (Å²) < 4.78 is 16.8. The largest absolute Gasteiger partial charge is 0.381 e. The lowest BCUT2D eigenvalue weighted by Gasteiger charge is -2.31. The van der Waals surface area contributed by atoms with E-state index in [2.05, 4.69) is 32.6 Å². The number of aromatic nitrogens is 2. The molecular weight excluding hydrogens is 358 g/mol. The van der Waals surface area contributed by atoms with Gasteiger partial charge in [0.25, 0.3) is 0 Å². The quantitative estimate of drug-likeness (QED) is 0.783. The van der Waals surface area contributed by atoms with Gasteiger partial charge in [0.1, 0.15) is 15.1 Å². The van der Waals surface area contributed by atoms with Crippen LogP contribution >= 0.6 is 22.6 Å². The van der Waals surface area contributed by atoms with Crippen molar-refractivity contribution in [3.8, 4) is 0 Å². The van der Waals surface area contributed by atoms with Gasteiger partial charge in [0.2, 0.25) is 0 Å². The smallest absolute Gasteiger partial charge is 0.176 e. The van der Waals surface area contributed by atoms with Crippen molar-refractivity contribution in [3.63, 3.8) is 0 Å². The lowest BCUT2D eigenvalue weighted by molar-refractivity contribution is 0.383. The van der Waals surface area contributed by atoms with Crippen LogP contribution in [0.15, 0.2) is 35.5 Å². The minimum absolute atomic E-state index is 0.264. The van der Waals surface area contributed by atoms with Gasteiger partial charge in [0.15, 0.2) is 11.7 Å². The summed E-state index contributed by atoms with van der Waals surface area (Å²) in [7, 11) is 0. The van der Waals surface area contributed by atoms with Crippen LogP contribution in [-0.2, 0) is 12.1 Å². The lowest BCUT2D eigenvalue weighted by atomic mass is 9.91. The third-order valence-electron chi connectivity index (χ3n) is 3.28. The topological polar surface area (TPSA) is 56.2 Å². The first-order chi connectivity index (χ1) is 8.99. The van der Waals surface area contributed by atoms with Crippen LogP contribution in [0.2, 0.25) is 0 Å². The second-order valence-electron chi connectivity index (χ2n) is 4.77. The number of amidine groups is 1. The lowest BCUT2D eigenvalue weighted by Crippen LogP contribution is -2.37. The molecule has 1 unspecified atom stereocenters. The van der Waals surface area contributed by atoms with E-state index in [4.69, 9.17) is 5.73 Å². The van der Waals surface area contributed by atoms with E-state index in [0.29, 0.717) is 23.8 Å². The van der Waals surface area contributed by atoms with Crippen molar-refractivity contribution >= 4 is 28.4 Å². The highest BCUT2D eigenvalue weighted by atomic mass is 127. The van der Waals surface area contributed by atoms with E-state index in [1.54, 1.807) is 12.1 Å². The fraction of sp³-hybridized carbons (Fsp3) is 0.231. The molecule has 2 heterocycles. The third kappa shape index (κ3) is 2.03. The summed E-state index contributed by atoms with van der Waals surface area (Å²) in [6.45, 7) is 2.41. The molecule has 19 heavy (non-hydrogen) atoms. The second kappa shape index (κ2) is 4.29. The number of aliphatic imine (C=N–C) groups is 1. The Kier molecular flexibility index (Phi) is 2.84. The summed E-state index contributed by atoms with van der Waals surface area (Å²) in [6, 6.07) is 6.67. The molecule has 0 amide bonds. The first-order valence-electron chi connectivity index (χ1n) is 5.83. The van der Waals surface area contributed by atoms with Gasteiger partial charge in [-0.05, 0) is 35.6 Å². The van der Waals surface area contributed by atoms with E-state index in [0.717, 1.165) is 3.70 Å². The highest BCUT2D eigenvalue weighted by Gasteiger charge is 2.34. The number of nitrogens with zero attached hydrogens (tertiary/aromatic N) is 3. The Balaban J connectivity index is 2.13. The summed E-state index contributed by atoms with van der Waals surface area (Å²) in [5.74, 6) is 0.734. The summed E-state index contributed by atoms with van der Waals surface area (Å²) in [4.78, 5) is 8.78. The van der Waals surface area contributed by atoms with Gasteiger partial charge < -0.3 is 10.3 Å². The van der Waals surface area contributed by atoms with Gasteiger partial charge in [-0.3, -0.25) is 4.99 Å². The fourth-order valence-corrected chi connectivity index (χ4v) is 3.00. The number of fused-ring (bicyclic) bond motifs is 1. The molecule has 6 heteroatoms. The minimum Gasteiger partial charge on any atom is -0.381 e. The van der Waals surface area contributed by atoms with Crippen LogP contribution in [0.1, 0.15) is 18.3 Å². The molecule has 1 aliphatic heterocycles. The van der Waals surface area contributed by atoms with Gasteiger partial charge in [0.05, 0.1) is 6.54 Å². The zero-order chi connectivity index (χ0) is 13.6. The van der Waals surface area contributed by atoms with Crippen LogP contribution in [-0.4, -0.2) is 15.4 Å². The Bertz CT molecular complexity index is 679. The molecule has 0 saturated carbocycles. The number of hydrogen-bond donors (Lipinski definition) is 1. The molecule has 0 aliphatic carbocycles. The molecule has 1 aliphatic rings. The average Bonchev–Trinajstić information content (AvgIpc) is 2.70. The van der Waals surface area contributed by atoms with E-state index in [1.807, 2.05) is 23.8 Å². The minimum atomic E-state index is -0.702. The summed E-state index contributed by atoms with van der Waals surface area (Å²) in [5.41, 5.74) is 5.81. The molecule has 1 aromatic heterocycles. The molecule has 2 N–H and O–H groups in total. The van der Waals surface area contributed by atoms with Gasteiger partial charge in [-0.2, -0.15) is 0 Å². The highest BCUT2D eigenvalue weighted by Crippen LogP contribution is 2.33. The first-order valence-corrected chi connectivity index (χ1v) is 6.91. The number of rotatable bonds is 1. The number of benzene rings is 1. The Morgan fingerprint density at radius 3 is 2.89 bits per heavy atom. The molecule has 0 saturated heterocycles. The van der Waals surface area contributed by atoms with Crippen molar-refractivity contribution in [1.82, 2.24) is 9.55 Å². The summed E-state index contributed by atoms with van der Waals surface area (Å²) in [6.07, 6.45) is 1.90.